The zero-order valence-electron chi connectivity index (χ0n) is 7.97. The first-order valence-electron chi connectivity index (χ1n) is 4.70. The van der Waals surface area contributed by atoms with Crippen LogP contribution in [0.25, 0.3) is 0 Å². The van der Waals surface area contributed by atoms with E-state index in [4.69, 9.17) is 0 Å². The molecule has 0 aromatic carbocycles. The van der Waals surface area contributed by atoms with E-state index < -0.39 is 0 Å². The number of hydrogen-bond acceptors (Lipinski definition) is 1. The number of nitrogens with one attached hydrogen (secondary N) is 1. The van der Waals surface area contributed by atoms with Gasteiger partial charge in [-0.25, -0.2) is 0 Å². The number of amides is 1. The highest BCUT2D eigenvalue weighted by Crippen LogP contribution is 2.06. The molecule has 0 heterocycles. The molecule has 0 saturated carbocycles. The van der Waals surface area contributed by atoms with E-state index in [-0.39, 0.29) is 5.24 Å². The Morgan fingerprint density at radius 2 is 2.00 bits per heavy atom. The zero-order chi connectivity index (χ0) is 9.40. The van der Waals surface area contributed by atoms with Gasteiger partial charge in [0.1, 0.15) is 0 Å². The highest BCUT2D eigenvalue weighted by molar-refractivity contribution is 7.96. The molecule has 12 heavy (non-hydrogen) atoms. The Bertz CT molecular complexity index is 128. The molecule has 1 atom stereocenters. The number of hydrogen-bond donors (Lipinski definition) is 2. The molecule has 0 saturated heterocycles. The minimum atomic E-state index is -0.204. The van der Waals surface area contributed by atoms with Crippen molar-refractivity contribution in [3.8, 4) is 0 Å². The number of rotatable bonds is 6. The zero-order valence-corrected chi connectivity index (χ0v) is 8.86. The number of thiol groups is 1. The summed E-state index contributed by atoms with van der Waals surface area (Å²) < 4.78 is 0. The van der Waals surface area contributed by atoms with Crippen LogP contribution in [0.5, 0.6) is 0 Å². The van der Waals surface area contributed by atoms with Crippen molar-refractivity contribution in [2.45, 2.75) is 52.0 Å². The van der Waals surface area contributed by atoms with E-state index in [1.165, 1.54) is 12.8 Å². The van der Waals surface area contributed by atoms with E-state index in [1.54, 1.807) is 0 Å². The molecule has 0 aliphatic carbocycles. The minimum absolute atomic E-state index is 0.204. The third-order valence-corrected chi connectivity index (χ3v) is 2.00. The van der Waals surface area contributed by atoms with Gasteiger partial charge in [0.25, 0.3) is 5.24 Å². The molecule has 0 rings (SSSR count). The van der Waals surface area contributed by atoms with E-state index >= 15 is 0 Å². The van der Waals surface area contributed by atoms with Crippen LogP contribution in [0.3, 0.4) is 0 Å². The third-order valence-electron chi connectivity index (χ3n) is 1.87. The summed E-state index contributed by atoms with van der Waals surface area (Å²) in [5.74, 6) is 0. The lowest BCUT2D eigenvalue weighted by Crippen LogP contribution is -2.30. The topological polar surface area (TPSA) is 29.1 Å². The van der Waals surface area contributed by atoms with Gasteiger partial charge < -0.3 is 5.32 Å². The van der Waals surface area contributed by atoms with Crippen LogP contribution in [0.15, 0.2) is 0 Å². The van der Waals surface area contributed by atoms with Gasteiger partial charge in [-0.1, -0.05) is 45.7 Å². The van der Waals surface area contributed by atoms with Crippen molar-refractivity contribution in [3.63, 3.8) is 0 Å². The van der Waals surface area contributed by atoms with Crippen LogP contribution < -0.4 is 5.32 Å². The van der Waals surface area contributed by atoms with Crippen molar-refractivity contribution in [1.29, 1.82) is 0 Å². The van der Waals surface area contributed by atoms with Crippen molar-refractivity contribution in [2.75, 3.05) is 0 Å². The van der Waals surface area contributed by atoms with E-state index in [9.17, 15) is 4.79 Å². The van der Waals surface area contributed by atoms with Gasteiger partial charge in [-0.2, -0.15) is 0 Å². The lowest BCUT2D eigenvalue weighted by molar-refractivity contribution is 0.256. The molecule has 0 radical (unpaired) electrons. The molecule has 1 N–H and O–H groups in total. The molecular weight excluding hydrogens is 170 g/mol. The van der Waals surface area contributed by atoms with Gasteiger partial charge in [-0.05, 0) is 12.8 Å². The fourth-order valence-corrected chi connectivity index (χ4v) is 1.44. The van der Waals surface area contributed by atoms with Crippen LogP contribution >= 0.6 is 12.6 Å². The Kier molecular flexibility index (Phi) is 7.36. The molecule has 1 amide bonds. The Hall–Kier alpha value is -0.180. The van der Waals surface area contributed by atoms with Gasteiger partial charge in [0.15, 0.2) is 0 Å². The maximum absolute atomic E-state index is 10.6. The van der Waals surface area contributed by atoms with Gasteiger partial charge in [0.2, 0.25) is 0 Å². The van der Waals surface area contributed by atoms with Gasteiger partial charge >= 0.3 is 0 Å². The van der Waals surface area contributed by atoms with E-state index in [0.29, 0.717) is 6.04 Å². The Balaban J connectivity index is 3.61. The standard InChI is InChI=1S/C9H19NOS/c1-3-5-7-8(6-4-2)10-9(11)12/h8H,3-7H2,1-2H3,(H2,10,11,12). The van der Waals surface area contributed by atoms with Crippen LogP contribution in [-0.4, -0.2) is 11.3 Å². The fraction of sp³-hybridized carbons (Fsp3) is 0.889. The molecular formula is C9H19NOS. The lowest BCUT2D eigenvalue weighted by Gasteiger charge is -2.15. The molecule has 0 bridgehead atoms. The summed E-state index contributed by atoms with van der Waals surface area (Å²) in [7, 11) is 0. The quantitative estimate of drug-likeness (QED) is 0.618. The number of carbonyl (C=O) groups excluding carboxylic acids is 1. The second-order valence-corrected chi connectivity index (χ2v) is 3.48. The first kappa shape index (κ1) is 11.8. The second kappa shape index (κ2) is 7.47. The molecule has 1 unspecified atom stereocenters. The van der Waals surface area contributed by atoms with Crippen LogP contribution in [0, 0.1) is 0 Å². The predicted molar refractivity (Wildman–Crippen MR) is 55.7 cm³/mol. The normalized spacial score (nSPS) is 12.6. The van der Waals surface area contributed by atoms with Gasteiger partial charge in [-0.15, -0.1) is 0 Å². The maximum Gasteiger partial charge on any atom is 0.276 e. The molecule has 0 aliphatic heterocycles. The summed E-state index contributed by atoms with van der Waals surface area (Å²) in [6, 6.07) is 0.333. The van der Waals surface area contributed by atoms with Crippen molar-refractivity contribution < 1.29 is 4.79 Å². The molecule has 0 fully saturated rings. The van der Waals surface area contributed by atoms with Gasteiger partial charge in [0, 0.05) is 6.04 Å². The summed E-state index contributed by atoms with van der Waals surface area (Å²) >= 11 is 3.70. The smallest absolute Gasteiger partial charge is 0.276 e. The lowest BCUT2D eigenvalue weighted by atomic mass is 10.1. The summed E-state index contributed by atoms with van der Waals surface area (Å²) in [6.07, 6.45) is 5.62. The van der Waals surface area contributed by atoms with E-state index in [0.717, 1.165) is 19.3 Å². The van der Waals surface area contributed by atoms with Gasteiger partial charge in [-0.3, -0.25) is 4.79 Å². The van der Waals surface area contributed by atoms with Crippen LogP contribution in [-0.2, 0) is 0 Å². The van der Waals surface area contributed by atoms with E-state index in [2.05, 4.69) is 31.8 Å². The molecule has 3 heteroatoms. The SMILES string of the molecule is CCCCC(CCC)NC(=O)S. The van der Waals surface area contributed by atoms with Crippen LogP contribution in [0.4, 0.5) is 4.79 Å². The highest BCUT2D eigenvalue weighted by Gasteiger charge is 2.07. The highest BCUT2D eigenvalue weighted by atomic mass is 32.1. The monoisotopic (exact) mass is 189 g/mol. The Morgan fingerprint density at radius 1 is 1.33 bits per heavy atom. The first-order valence-corrected chi connectivity index (χ1v) is 5.14. The Morgan fingerprint density at radius 3 is 2.42 bits per heavy atom. The number of carbonyl (C=O) groups is 1. The second-order valence-electron chi connectivity index (χ2n) is 3.08. The maximum atomic E-state index is 10.6. The molecule has 0 aliphatic rings. The average Bonchev–Trinajstić information content (AvgIpc) is 2.00. The number of unbranched alkanes of at least 4 members (excludes halogenated alkanes) is 1. The summed E-state index contributed by atoms with van der Waals surface area (Å²) in [4.78, 5) is 10.6. The van der Waals surface area contributed by atoms with Crippen molar-refractivity contribution in [1.82, 2.24) is 5.32 Å². The van der Waals surface area contributed by atoms with Crippen molar-refractivity contribution in [2.24, 2.45) is 0 Å². The van der Waals surface area contributed by atoms with Crippen molar-refractivity contribution >= 4 is 17.9 Å². The summed E-state index contributed by atoms with van der Waals surface area (Å²) in [5.41, 5.74) is 0. The van der Waals surface area contributed by atoms with Crippen LogP contribution in [0.1, 0.15) is 46.0 Å². The predicted octanol–water partition coefficient (Wildman–Crippen LogP) is 2.98. The molecule has 0 aromatic heterocycles. The minimum Gasteiger partial charge on any atom is -0.344 e. The average molecular weight is 189 g/mol. The van der Waals surface area contributed by atoms with E-state index in [1.807, 2.05) is 0 Å². The van der Waals surface area contributed by atoms with Crippen molar-refractivity contribution in [3.05, 3.63) is 0 Å². The molecule has 0 aromatic rings. The van der Waals surface area contributed by atoms with Crippen LogP contribution in [0.2, 0.25) is 0 Å². The molecule has 0 spiro atoms. The largest absolute Gasteiger partial charge is 0.344 e. The van der Waals surface area contributed by atoms with Gasteiger partial charge in [0.05, 0.1) is 0 Å². The fourth-order valence-electron chi connectivity index (χ4n) is 1.26. The molecule has 72 valence electrons. The summed E-state index contributed by atoms with van der Waals surface area (Å²) in [6.45, 7) is 4.29. The molecule has 2 nitrogen and oxygen atoms in total. The third kappa shape index (κ3) is 6.53. The Labute approximate surface area is 80.5 Å². The summed E-state index contributed by atoms with van der Waals surface area (Å²) in [5, 5.41) is 2.64. The first-order chi connectivity index (χ1) is 5.70.